The van der Waals surface area contributed by atoms with Crippen LogP contribution in [-0.4, -0.2) is 13.4 Å². The lowest BCUT2D eigenvalue weighted by molar-refractivity contribution is 0.548. The normalized spacial score (nSPS) is 11.1. The van der Waals surface area contributed by atoms with E-state index in [0.29, 0.717) is 10.5 Å². The summed E-state index contributed by atoms with van der Waals surface area (Å²) in [5, 5.41) is 8.92. The molecule has 0 atom stereocenters. The Labute approximate surface area is 128 Å². The zero-order valence-corrected chi connectivity index (χ0v) is 12.7. The van der Waals surface area contributed by atoms with Crippen LogP contribution < -0.4 is 0 Å². The third-order valence-corrected chi connectivity index (χ3v) is 4.74. The van der Waals surface area contributed by atoms with Crippen LogP contribution in [0.15, 0.2) is 39.8 Å². The first-order valence-electron chi connectivity index (χ1n) is 5.56. The summed E-state index contributed by atoms with van der Waals surface area (Å²) in [6.45, 7) is 0. The maximum Gasteiger partial charge on any atom is 0.185 e. The summed E-state index contributed by atoms with van der Waals surface area (Å²) in [4.78, 5) is 3.17. The first kappa shape index (κ1) is 15.5. The highest BCUT2D eigenvalue weighted by Crippen LogP contribution is 2.23. The van der Waals surface area contributed by atoms with E-state index in [2.05, 4.69) is 20.9 Å². The van der Waals surface area contributed by atoms with Crippen LogP contribution >= 0.6 is 15.9 Å². The fraction of sp³-hybridized carbons (Fsp3) is 0.0769. The van der Waals surface area contributed by atoms with E-state index >= 15 is 0 Å². The van der Waals surface area contributed by atoms with Crippen molar-refractivity contribution < 1.29 is 17.2 Å². The van der Waals surface area contributed by atoms with E-state index < -0.39 is 32.1 Å². The summed E-state index contributed by atoms with van der Waals surface area (Å²) in [5.74, 6) is -2.64. The van der Waals surface area contributed by atoms with Crippen LogP contribution in [0.5, 0.6) is 0 Å². The van der Waals surface area contributed by atoms with Crippen molar-refractivity contribution >= 4 is 25.8 Å². The quantitative estimate of drug-likeness (QED) is 0.776. The van der Waals surface area contributed by atoms with Crippen LogP contribution in [0.25, 0.3) is 0 Å². The van der Waals surface area contributed by atoms with Crippen molar-refractivity contribution in [2.24, 2.45) is 0 Å². The summed E-state index contributed by atoms with van der Waals surface area (Å²) in [6, 6.07) is 5.41. The van der Waals surface area contributed by atoms with Crippen LogP contribution in [0, 0.1) is 23.0 Å². The Morgan fingerprint density at radius 1 is 1.29 bits per heavy atom. The van der Waals surface area contributed by atoms with E-state index in [1.54, 1.807) is 6.07 Å². The molecule has 2 rings (SSSR count). The summed E-state index contributed by atoms with van der Waals surface area (Å²) in [6.07, 6.45) is 1.35. The molecule has 0 aliphatic rings. The van der Waals surface area contributed by atoms with Crippen molar-refractivity contribution in [2.75, 3.05) is 0 Å². The second-order valence-corrected chi connectivity index (χ2v) is 6.98. The maximum atomic E-state index is 13.6. The second kappa shape index (κ2) is 5.87. The average Bonchev–Trinajstić information content (AvgIpc) is 2.37. The van der Waals surface area contributed by atoms with Gasteiger partial charge in [0.05, 0.1) is 5.75 Å². The molecular weight excluding hydrogens is 366 g/mol. The van der Waals surface area contributed by atoms with Crippen LogP contribution in [-0.2, 0) is 15.6 Å². The van der Waals surface area contributed by atoms with E-state index in [0.717, 1.165) is 12.1 Å². The van der Waals surface area contributed by atoms with E-state index in [4.69, 9.17) is 5.26 Å². The number of rotatable bonds is 3. The van der Waals surface area contributed by atoms with Gasteiger partial charge in [-0.1, -0.05) is 0 Å². The number of nitrogens with zero attached hydrogens (tertiary/aromatic N) is 2. The molecule has 0 unspecified atom stereocenters. The highest BCUT2D eigenvalue weighted by atomic mass is 79.9. The molecule has 1 aromatic heterocycles. The molecule has 0 amide bonds. The molecule has 0 aliphatic carbocycles. The second-order valence-electron chi connectivity index (χ2n) is 4.11. The predicted octanol–water partition coefficient (Wildman–Crippen LogP) is 2.97. The predicted molar refractivity (Wildman–Crippen MR) is 73.9 cm³/mol. The summed E-state index contributed by atoms with van der Waals surface area (Å²) in [5.41, 5.74) is 0.0693. The topological polar surface area (TPSA) is 70.8 Å². The number of hydrogen-bond donors (Lipinski definition) is 0. The summed E-state index contributed by atoms with van der Waals surface area (Å²) >= 11 is 3.12. The van der Waals surface area contributed by atoms with Gasteiger partial charge in [-0.2, -0.15) is 5.26 Å². The van der Waals surface area contributed by atoms with Gasteiger partial charge in [-0.05, 0) is 34.1 Å². The maximum absolute atomic E-state index is 13.6. The SMILES string of the molecule is N#Cc1ncc(Br)cc1CS(=O)(=O)c1ccc(F)cc1F. The number of benzene rings is 1. The number of nitriles is 1. The van der Waals surface area contributed by atoms with Crippen molar-refractivity contribution in [3.63, 3.8) is 0 Å². The highest BCUT2D eigenvalue weighted by molar-refractivity contribution is 9.10. The Morgan fingerprint density at radius 2 is 2.00 bits per heavy atom. The molecule has 0 spiro atoms. The first-order chi connectivity index (χ1) is 9.83. The van der Waals surface area contributed by atoms with E-state index in [9.17, 15) is 17.2 Å². The molecule has 0 fully saturated rings. The minimum Gasteiger partial charge on any atom is -0.244 e. The van der Waals surface area contributed by atoms with Gasteiger partial charge in [-0.25, -0.2) is 22.2 Å². The largest absolute Gasteiger partial charge is 0.244 e. The van der Waals surface area contributed by atoms with Crippen molar-refractivity contribution in [3.05, 3.63) is 57.8 Å². The third kappa shape index (κ3) is 3.43. The van der Waals surface area contributed by atoms with E-state index in [1.807, 2.05) is 0 Å². The van der Waals surface area contributed by atoms with Gasteiger partial charge in [-0.15, -0.1) is 0 Å². The first-order valence-corrected chi connectivity index (χ1v) is 8.00. The molecule has 0 saturated heterocycles. The van der Waals surface area contributed by atoms with Gasteiger partial charge in [-0.3, -0.25) is 0 Å². The van der Waals surface area contributed by atoms with Crippen LogP contribution in [0.1, 0.15) is 11.3 Å². The zero-order valence-electron chi connectivity index (χ0n) is 10.3. The van der Waals surface area contributed by atoms with Crippen molar-refractivity contribution in [1.82, 2.24) is 4.98 Å². The van der Waals surface area contributed by atoms with Gasteiger partial charge < -0.3 is 0 Å². The van der Waals surface area contributed by atoms with Crippen molar-refractivity contribution in [2.45, 2.75) is 10.6 Å². The van der Waals surface area contributed by atoms with Gasteiger partial charge in [0.1, 0.15) is 28.3 Å². The van der Waals surface area contributed by atoms with Crippen molar-refractivity contribution in [1.29, 1.82) is 5.26 Å². The molecule has 21 heavy (non-hydrogen) atoms. The van der Waals surface area contributed by atoms with E-state index in [1.165, 1.54) is 12.3 Å². The van der Waals surface area contributed by atoms with Gasteiger partial charge in [0.2, 0.25) is 0 Å². The molecule has 0 aliphatic heterocycles. The molecule has 0 N–H and O–H groups in total. The molecule has 1 aromatic carbocycles. The number of hydrogen-bond acceptors (Lipinski definition) is 4. The van der Waals surface area contributed by atoms with E-state index in [-0.39, 0.29) is 11.3 Å². The lowest BCUT2D eigenvalue weighted by atomic mass is 10.2. The van der Waals surface area contributed by atoms with Gasteiger partial charge in [0.15, 0.2) is 9.84 Å². The van der Waals surface area contributed by atoms with Crippen LogP contribution in [0.2, 0.25) is 0 Å². The number of aromatic nitrogens is 1. The van der Waals surface area contributed by atoms with Gasteiger partial charge >= 0.3 is 0 Å². The van der Waals surface area contributed by atoms with Gasteiger partial charge in [0, 0.05) is 22.3 Å². The molecule has 0 radical (unpaired) electrons. The lowest BCUT2D eigenvalue weighted by Gasteiger charge is -2.07. The third-order valence-electron chi connectivity index (χ3n) is 2.61. The monoisotopic (exact) mass is 372 g/mol. The smallest absolute Gasteiger partial charge is 0.185 e. The number of pyridine rings is 1. The minimum atomic E-state index is -4.06. The Morgan fingerprint density at radius 3 is 2.62 bits per heavy atom. The Bertz CT molecular complexity index is 848. The molecule has 2 aromatic rings. The number of halogens is 3. The molecule has 108 valence electrons. The molecule has 1 heterocycles. The average molecular weight is 373 g/mol. The fourth-order valence-corrected chi connectivity index (χ4v) is 3.50. The molecule has 8 heteroatoms. The molecule has 0 bridgehead atoms. The van der Waals surface area contributed by atoms with Crippen LogP contribution in [0.3, 0.4) is 0 Å². The molecular formula is C13H7BrF2N2O2S. The minimum absolute atomic E-state index is 0.0655. The standard InChI is InChI=1S/C13H7BrF2N2O2S/c14-9-3-8(12(5-17)18-6-9)7-21(19,20)13-2-1-10(15)4-11(13)16/h1-4,6H,7H2. The summed E-state index contributed by atoms with van der Waals surface area (Å²) < 4.78 is 51.3. The fourth-order valence-electron chi connectivity index (χ4n) is 1.70. The molecule has 4 nitrogen and oxygen atoms in total. The van der Waals surface area contributed by atoms with Crippen molar-refractivity contribution in [3.8, 4) is 6.07 Å². The Balaban J connectivity index is 2.47. The molecule has 0 saturated carbocycles. The summed E-state index contributed by atoms with van der Waals surface area (Å²) in [7, 11) is -4.06. The Kier molecular flexibility index (Phi) is 4.34. The lowest BCUT2D eigenvalue weighted by Crippen LogP contribution is -2.09. The van der Waals surface area contributed by atoms with Crippen LogP contribution in [0.4, 0.5) is 8.78 Å². The Hall–Kier alpha value is -1.85. The zero-order chi connectivity index (χ0) is 15.6. The van der Waals surface area contributed by atoms with Gasteiger partial charge in [0.25, 0.3) is 0 Å². The number of sulfone groups is 1. The highest BCUT2D eigenvalue weighted by Gasteiger charge is 2.22.